The van der Waals surface area contributed by atoms with Crippen LogP contribution in [0.15, 0.2) is 0 Å². The monoisotopic (exact) mass is 236 g/mol. The summed E-state index contributed by atoms with van der Waals surface area (Å²) >= 11 is -1.71. The standard InChI is InChI=1S/C7H13.2ClH.Ga/c1-7-5-3-2-4-6-7;;;/h7H,1-6H2;2*1H;/q;;;+2/p-2. The summed E-state index contributed by atoms with van der Waals surface area (Å²) in [5.41, 5.74) is 0. The van der Waals surface area contributed by atoms with Crippen LogP contribution in [0.1, 0.15) is 32.1 Å². The summed E-state index contributed by atoms with van der Waals surface area (Å²) in [5.74, 6) is 0.897. The number of rotatable bonds is 2. The molecule has 0 atom stereocenters. The van der Waals surface area contributed by atoms with E-state index in [2.05, 4.69) is 0 Å². The quantitative estimate of drug-likeness (QED) is 0.645. The second-order valence-corrected chi connectivity index (χ2v) is 12.4. The second-order valence-electron chi connectivity index (χ2n) is 3.13. The molecule has 10 heavy (non-hydrogen) atoms. The van der Waals surface area contributed by atoms with Crippen molar-refractivity contribution in [1.29, 1.82) is 0 Å². The van der Waals surface area contributed by atoms with E-state index in [1.54, 1.807) is 0 Å². The van der Waals surface area contributed by atoms with Crippen LogP contribution in [0.5, 0.6) is 0 Å². The Balaban J connectivity index is 2.13. The Morgan fingerprint density at radius 2 is 1.70 bits per heavy atom. The van der Waals surface area contributed by atoms with Crippen LogP contribution in [0.25, 0.3) is 0 Å². The van der Waals surface area contributed by atoms with Crippen LogP contribution in [0.3, 0.4) is 0 Å². The molecule has 0 radical (unpaired) electrons. The van der Waals surface area contributed by atoms with E-state index >= 15 is 0 Å². The van der Waals surface area contributed by atoms with Gasteiger partial charge in [0.25, 0.3) is 0 Å². The molecule has 0 bridgehead atoms. The minimum absolute atomic E-state index is 0.897. The van der Waals surface area contributed by atoms with Crippen LogP contribution in [0.2, 0.25) is 4.98 Å². The van der Waals surface area contributed by atoms with Crippen LogP contribution < -0.4 is 0 Å². The molecule has 58 valence electrons. The molecule has 1 saturated carbocycles. The van der Waals surface area contributed by atoms with E-state index in [0.717, 1.165) is 5.92 Å². The van der Waals surface area contributed by atoms with Crippen molar-refractivity contribution in [2.75, 3.05) is 0 Å². The van der Waals surface area contributed by atoms with Gasteiger partial charge in [-0.2, -0.15) is 0 Å². The molecule has 1 aliphatic rings. The molecule has 0 unspecified atom stereocenters. The molecule has 0 nitrogen and oxygen atoms in total. The summed E-state index contributed by atoms with van der Waals surface area (Å²) in [7, 11) is 11.7. The van der Waals surface area contributed by atoms with Crippen LogP contribution in [-0.2, 0) is 0 Å². The van der Waals surface area contributed by atoms with Gasteiger partial charge in [0.05, 0.1) is 0 Å². The van der Waals surface area contributed by atoms with Gasteiger partial charge >= 0.3 is 76.5 Å². The van der Waals surface area contributed by atoms with Gasteiger partial charge in [-0.15, -0.1) is 0 Å². The summed E-state index contributed by atoms with van der Waals surface area (Å²) in [6.07, 6.45) is 7.03. The summed E-state index contributed by atoms with van der Waals surface area (Å²) in [5, 5.41) is 0. The molecule has 0 aromatic carbocycles. The van der Waals surface area contributed by atoms with Crippen molar-refractivity contribution in [2.45, 2.75) is 37.1 Å². The molecule has 1 fully saturated rings. The fraction of sp³-hybridized carbons (Fsp3) is 1.00. The van der Waals surface area contributed by atoms with Gasteiger partial charge in [0.2, 0.25) is 0 Å². The molecule has 0 aromatic rings. The molecular weight excluding hydrogens is 225 g/mol. The van der Waals surface area contributed by atoms with Crippen molar-refractivity contribution in [3.63, 3.8) is 0 Å². The van der Waals surface area contributed by atoms with E-state index in [0.29, 0.717) is 0 Å². The maximum absolute atomic E-state index is 5.86. The Kier molecular flexibility index (Phi) is 4.62. The molecule has 3 heteroatoms. The Labute approximate surface area is 76.3 Å². The molecule has 1 rings (SSSR count). The van der Waals surface area contributed by atoms with Gasteiger partial charge in [0, 0.05) is 0 Å². The molecule has 0 spiro atoms. The van der Waals surface area contributed by atoms with Crippen LogP contribution in [0, 0.1) is 5.92 Å². The van der Waals surface area contributed by atoms with Crippen LogP contribution in [-0.4, -0.2) is 14.2 Å². The first-order chi connectivity index (χ1) is 4.79. The minimum atomic E-state index is -1.71. The SMILES string of the molecule is [Cl][Ga]([Cl])[CH2]C1CCCCC1. The molecule has 0 amide bonds. The van der Waals surface area contributed by atoms with E-state index < -0.39 is 14.2 Å². The zero-order valence-electron chi connectivity index (χ0n) is 6.15. The predicted molar refractivity (Wildman–Crippen MR) is 48.8 cm³/mol. The molecule has 1 aliphatic carbocycles. The van der Waals surface area contributed by atoms with Crippen molar-refractivity contribution < 1.29 is 0 Å². The zero-order chi connectivity index (χ0) is 7.40. The first kappa shape index (κ1) is 9.31. The molecule has 0 saturated heterocycles. The number of hydrogen-bond donors (Lipinski definition) is 0. The van der Waals surface area contributed by atoms with Crippen molar-refractivity contribution in [3.8, 4) is 0 Å². The number of hydrogen-bond acceptors (Lipinski definition) is 0. The van der Waals surface area contributed by atoms with E-state index in [1.165, 1.54) is 37.1 Å². The van der Waals surface area contributed by atoms with Gasteiger partial charge in [-0.3, -0.25) is 0 Å². The van der Waals surface area contributed by atoms with Gasteiger partial charge in [-0.05, 0) is 0 Å². The zero-order valence-corrected chi connectivity index (χ0v) is 10.1. The van der Waals surface area contributed by atoms with E-state index in [1.807, 2.05) is 0 Å². The molecular formula is C7H13Cl2Ga. The van der Waals surface area contributed by atoms with Gasteiger partial charge in [-0.1, -0.05) is 0 Å². The maximum atomic E-state index is 5.86. The summed E-state index contributed by atoms with van der Waals surface area (Å²) in [4.78, 5) is 1.19. The van der Waals surface area contributed by atoms with E-state index in [4.69, 9.17) is 19.3 Å². The third-order valence-electron chi connectivity index (χ3n) is 2.24. The predicted octanol–water partition coefficient (Wildman–Crippen LogP) is 3.53. The average molecular weight is 238 g/mol. The van der Waals surface area contributed by atoms with Crippen molar-refractivity contribution in [1.82, 2.24) is 0 Å². The topological polar surface area (TPSA) is 0 Å². The van der Waals surface area contributed by atoms with Crippen LogP contribution >= 0.6 is 19.3 Å². The Bertz CT molecular complexity index is 89.6. The molecule has 0 aromatic heterocycles. The fourth-order valence-corrected chi connectivity index (χ4v) is 6.34. The van der Waals surface area contributed by atoms with Crippen molar-refractivity contribution in [2.24, 2.45) is 5.92 Å². The summed E-state index contributed by atoms with van der Waals surface area (Å²) in [6.45, 7) is 0. The van der Waals surface area contributed by atoms with Crippen molar-refractivity contribution >= 4 is 33.5 Å². The Morgan fingerprint density at radius 1 is 1.10 bits per heavy atom. The molecule has 0 aliphatic heterocycles. The van der Waals surface area contributed by atoms with E-state index in [9.17, 15) is 0 Å². The van der Waals surface area contributed by atoms with Crippen LogP contribution in [0.4, 0.5) is 0 Å². The van der Waals surface area contributed by atoms with Gasteiger partial charge in [0.15, 0.2) is 0 Å². The third kappa shape index (κ3) is 3.56. The normalized spacial score (nSPS) is 21.0. The molecule has 0 N–H and O–H groups in total. The van der Waals surface area contributed by atoms with E-state index in [-0.39, 0.29) is 0 Å². The van der Waals surface area contributed by atoms with Gasteiger partial charge in [-0.25, -0.2) is 0 Å². The number of halogens is 2. The average Bonchev–Trinajstić information content (AvgIpc) is 1.88. The Hall–Kier alpha value is 1.22. The second kappa shape index (κ2) is 4.97. The fourth-order valence-electron chi connectivity index (χ4n) is 1.67. The third-order valence-corrected chi connectivity index (χ3v) is 6.23. The summed E-state index contributed by atoms with van der Waals surface area (Å²) < 4.78 is 0. The van der Waals surface area contributed by atoms with Crippen molar-refractivity contribution in [3.05, 3.63) is 0 Å². The molecule has 0 heterocycles. The first-order valence-corrected chi connectivity index (χ1v) is 12.1. The summed E-state index contributed by atoms with van der Waals surface area (Å²) in [6, 6.07) is 0. The van der Waals surface area contributed by atoms with Gasteiger partial charge < -0.3 is 0 Å². The first-order valence-electron chi connectivity index (χ1n) is 4.07. The van der Waals surface area contributed by atoms with Gasteiger partial charge in [0.1, 0.15) is 0 Å². The Morgan fingerprint density at radius 3 is 2.20 bits per heavy atom.